The Balaban J connectivity index is 1.95. The molecule has 1 unspecified atom stereocenters. The summed E-state index contributed by atoms with van der Waals surface area (Å²) in [5.74, 6) is 0.197. The average molecular weight is 371 g/mol. The van der Waals surface area contributed by atoms with E-state index in [1.165, 1.54) is 0 Å². The lowest BCUT2D eigenvalue weighted by molar-refractivity contribution is 0.0817. The third-order valence-electron chi connectivity index (χ3n) is 6.18. The van der Waals surface area contributed by atoms with Crippen molar-refractivity contribution in [1.29, 1.82) is 0 Å². The van der Waals surface area contributed by atoms with Gasteiger partial charge in [0.25, 0.3) is 0 Å². The Hall–Kier alpha value is -1.72. The molecule has 0 radical (unpaired) electrons. The number of nitrogens with zero attached hydrogens (tertiary/aromatic N) is 2. The summed E-state index contributed by atoms with van der Waals surface area (Å²) < 4.78 is 8.55. The highest BCUT2D eigenvalue weighted by Crippen LogP contribution is 2.48. The van der Waals surface area contributed by atoms with E-state index in [1.54, 1.807) is 0 Å². The Morgan fingerprint density at radius 2 is 1.88 bits per heavy atom. The van der Waals surface area contributed by atoms with E-state index in [9.17, 15) is 4.79 Å². The van der Waals surface area contributed by atoms with Crippen molar-refractivity contribution in [1.82, 2.24) is 9.55 Å². The van der Waals surface area contributed by atoms with E-state index in [-0.39, 0.29) is 16.9 Å². The van der Waals surface area contributed by atoms with Gasteiger partial charge in [0.1, 0.15) is 0 Å². The monoisotopic (exact) mass is 370 g/mol. The molecule has 2 aromatic rings. The first-order chi connectivity index (χ1) is 12.0. The fourth-order valence-corrected chi connectivity index (χ4v) is 4.39. The van der Waals surface area contributed by atoms with Gasteiger partial charge in [-0.1, -0.05) is 58.9 Å². The first-order valence-corrected chi connectivity index (χ1v) is 12.2. The van der Waals surface area contributed by atoms with E-state index in [0.29, 0.717) is 6.61 Å². The maximum absolute atomic E-state index is 12.9. The van der Waals surface area contributed by atoms with Crippen molar-refractivity contribution >= 4 is 14.1 Å². The van der Waals surface area contributed by atoms with Crippen molar-refractivity contribution in [3.05, 3.63) is 53.6 Å². The normalized spacial score (nSPS) is 19.7. The molecule has 5 heteroatoms. The summed E-state index contributed by atoms with van der Waals surface area (Å²) in [6, 6.07) is 7.88. The molecule has 140 valence electrons. The number of benzene rings is 1. The number of rotatable bonds is 4. The fraction of sp³-hybridized carbons (Fsp3) is 0.524. The highest BCUT2D eigenvalue weighted by Gasteiger charge is 2.47. The Labute approximate surface area is 157 Å². The standard InChI is InChI=1S/C21H30N2O2Si/c1-20(2,3)26(6,7)25-13-15-12-22-14-23(15)18-16-10-8-9-11-17(16)19(24)21(18,4)5/h8-12,14,18H,13H2,1-7H3. The molecule has 1 aromatic carbocycles. The van der Waals surface area contributed by atoms with Crippen LogP contribution in [0.2, 0.25) is 18.1 Å². The van der Waals surface area contributed by atoms with Crippen molar-refractivity contribution in [3.63, 3.8) is 0 Å². The molecule has 1 aliphatic rings. The summed E-state index contributed by atoms with van der Waals surface area (Å²) in [6.45, 7) is 15.8. The van der Waals surface area contributed by atoms with Crippen LogP contribution in [-0.2, 0) is 11.0 Å². The summed E-state index contributed by atoms with van der Waals surface area (Å²) >= 11 is 0. The van der Waals surface area contributed by atoms with E-state index >= 15 is 0 Å². The fourth-order valence-electron chi connectivity index (χ4n) is 3.45. The van der Waals surface area contributed by atoms with Crippen LogP contribution in [0.25, 0.3) is 0 Å². The van der Waals surface area contributed by atoms with Crippen molar-refractivity contribution in [2.75, 3.05) is 0 Å². The van der Waals surface area contributed by atoms with E-state index in [4.69, 9.17) is 4.43 Å². The van der Waals surface area contributed by atoms with Gasteiger partial charge < -0.3 is 8.99 Å². The van der Waals surface area contributed by atoms with Crippen LogP contribution in [0, 0.1) is 5.41 Å². The average Bonchev–Trinajstić information content (AvgIpc) is 3.06. The van der Waals surface area contributed by atoms with E-state index in [2.05, 4.69) is 49.5 Å². The minimum Gasteiger partial charge on any atom is -0.411 e. The van der Waals surface area contributed by atoms with Gasteiger partial charge in [0.2, 0.25) is 0 Å². The van der Waals surface area contributed by atoms with E-state index < -0.39 is 13.7 Å². The van der Waals surface area contributed by atoms with Gasteiger partial charge in [0.15, 0.2) is 14.1 Å². The molecule has 0 amide bonds. The summed E-state index contributed by atoms with van der Waals surface area (Å²) in [6.07, 6.45) is 3.71. The van der Waals surface area contributed by atoms with Gasteiger partial charge in [0, 0.05) is 5.56 Å². The molecular weight excluding hydrogens is 340 g/mol. The molecule has 0 fully saturated rings. The topological polar surface area (TPSA) is 44.1 Å². The van der Waals surface area contributed by atoms with Crippen LogP contribution in [0.4, 0.5) is 0 Å². The summed E-state index contributed by atoms with van der Waals surface area (Å²) in [5.41, 5.74) is 2.43. The number of Topliss-reactive ketones (excluding diaryl/α,β-unsaturated/α-hetero) is 1. The largest absolute Gasteiger partial charge is 0.411 e. The molecule has 4 nitrogen and oxygen atoms in total. The van der Waals surface area contributed by atoms with Gasteiger partial charge in [-0.05, 0) is 23.7 Å². The minimum atomic E-state index is -1.85. The molecule has 1 aliphatic carbocycles. The Morgan fingerprint density at radius 1 is 1.23 bits per heavy atom. The van der Waals surface area contributed by atoms with Gasteiger partial charge in [-0.15, -0.1) is 0 Å². The number of carbonyl (C=O) groups excluding carboxylic acids is 1. The second kappa shape index (κ2) is 6.17. The second-order valence-electron chi connectivity index (χ2n) is 9.38. The van der Waals surface area contributed by atoms with Crippen molar-refractivity contribution in [2.24, 2.45) is 5.41 Å². The number of carbonyl (C=O) groups is 1. The van der Waals surface area contributed by atoms with Crippen molar-refractivity contribution < 1.29 is 9.22 Å². The first kappa shape index (κ1) is 19.0. The Kier molecular flexibility index (Phi) is 4.52. The zero-order valence-electron chi connectivity index (χ0n) is 17.0. The summed E-state index contributed by atoms with van der Waals surface area (Å²) in [5, 5.41) is 0.160. The first-order valence-electron chi connectivity index (χ1n) is 9.25. The van der Waals surface area contributed by atoms with Gasteiger partial charge >= 0.3 is 0 Å². The van der Waals surface area contributed by atoms with Gasteiger partial charge in [-0.3, -0.25) is 4.79 Å². The number of ketones is 1. The van der Waals surface area contributed by atoms with Gasteiger partial charge in [0.05, 0.1) is 36.3 Å². The van der Waals surface area contributed by atoms with E-state index in [1.807, 2.05) is 44.6 Å². The highest BCUT2D eigenvalue weighted by molar-refractivity contribution is 6.74. The molecule has 3 rings (SSSR count). The van der Waals surface area contributed by atoms with Gasteiger partial charge in [-0.25, -0.2) is 4.98 Å². The highest BCUT2D eigenvalue weighted by atomic mass is 28.4. The summed E-state index contributed by atoms with van der Waals surface area (Å²) in [7, 11) is -1.85. The third-order valence-corrected chi connectivity index (χ3v) is 10.7. The molecule has 0 saturated heterocycles. The summed E-state index contributed by atoms with van der Waals surface area (Å²) in [4.78, 5) is 17.3. The number of hydrogen-bond acceptors (Lipinski definition) is 3. The van der Waals surface area contributed by atoms with Crippen LogP contribution >= 0.6 is 0 Å². The van der Waals surface area contributed by atoms with E-state index in [0.717, 1.165) is 16.8 Å². The van der Waals surface area contributed by atoms with Crippen molar-refractivity contribution in [2.45, 2.75) is 65.4 Å². The van der Waals surface area contributed by atoms with Crippen LogP contribution in [0.1, 0.15) is 62.3 Å². The molecule has 26 heavy (non-hydrogen) atoms. The zero-order valence-corrected chi connectivity index (χ0v) is 18.0. The minimum absolute atomic E-state index is 0.0493. The maximum Gasteiger partial charge on any atom is 0.192 e. The lowest BCUT2D eigenvalue weighted by atomic mass is 9.84. The lowest BCUT2D eigenvalue weighted by Gasteiger charge is -2.36. The Morgan fingerprint density at radius 3 is 2.54 bits per heavy atom. The van der Waals surface area contributed by atoms with Crippen LogP contribution < -0.4 is 0 Å². The van der Waals surface area contributed by atoms with Crippen LogP contribution in [0.3, 0.4) is 0 Å². The predicted molar refractivity (Wildman–Crippen MR) is 107 cm³/mol. The number of imidazole rings is 1. The lowest BCUT2D eigenvalue weighted by Crippen LogP contribution is -2.40. The van der Waals surface area contributed by atoms with Crippen molar-refractivity contribution in [3.8, 4) is 0 Å². The second-order valence-corrected chi connectivity index (χ2v) is 14.2. The molecule has 0 N–H and O–H groups in total. The number of aromatic nitrogens is 2. The molecule has 1 aromatic heterocycles. The molecule has 0 saturated carbocycles. The maximum atomic E-state index is 12.9. The quantitative estimate of drug-likeness (QED) is 0.693. The van der Waals surface area contributed by atoms with Crippen LogP contribution in [0.5, 0.6) is 0 Å². The molecular formula is C21H30N2O2Si. The smallest absolute Gasteiger partial charge is 0.192 e. The third kappa shape index (κ3) is 2.97. The molecule has 1 heterocycles. The zero-order chi connectivity index (χ0) is 19.3. The van der Waals surface area contributed by atoms with Crippen LogP contribution in [0.15, 0.2) is 36.8 Å². The molecule has 0 aliphatic heterocycles. The molecule has 0 spiro atoms. The number of fused-ring (bicyclic) bond motifs is 1. The van der Waals surface area contributed by atoms with Gasteiger partial charge in [-0.2, -0.15) is 0 Å². The van der Waals surface area contributed by atoms with Crippen LogP contribution in [-0.4, -0.2) is 23.7 Å². The molecule has 0 bridgehead atoms. The number of hydrogen-bond donors (Lipinski definition) is 0. The SMILES string of the molecule is CC1(C)C(=O)c2ccccc2C1n1cncc1CO[Si](C)(C)C(C)(C)C. The Bertz CT molecular complexity index is 831. The molecule has 1 atom stereocenters. The predicted octanol–water partition coefficient (Wildman–Crippen LogP) is 5.22.